The van der Waals surface area contributed by atoms with Gasteiger partial charge in [0.25, 0.3) is 5.91 Å². The van der Waals surface area contributed by atoms with Gasteiger partial charge in [0, 0.05) is 31.1 Å². The Morgan fingerprint density at radius 2 is 2.06 bits per heavy atom. The van der Waals surface area contributed by atoms with Crippen molar-refractivity contribution in [3.63, 3.8) is 0 Å². The summed E-state index contributed by atoms with van der Waals surface area (Å²) in [5, 5.41) is 18.4. The number of carbonyl (C=O) groups is 1. The molecule has 0 radical (unpaired) electrons. The number of nitrogens with one attached hydrogen (secondary N) is 1. The number of aliphatic hydroxyl groups is 1. The summed E-state index contributed by atoms with van der Waals surface area (Å²) in [6.45, 7) is 10.4. The Balaban J connectivity index is 1.74. The maximum atomic E-state index is 13.0. The minimum atomic E-state index is -0.685. The van der Waals surface area contributed by atoms with Crippen molar-refractivity contribution in [1.29, 1.82) is 0 Å². The molecule has 1 fully saturated rings. The lowest BCUT2D eigenvalue weighted by Gasteiger charge is -2.26. The first-order chi connectivity index (χ1) is 14.8. The number of aromatic nitrogens is 2. The summed E-state index contributed by atoms with van der Waals surface area (Å²) in [6.07, 6.45) is 2.34. The van der Waals surface area contributed by atoms with E-state index in [1.165, 1.54) is 0 Å². The fourth-order valence-electron chi connectivity index (χ4n) is 3.96. The van der Waals surface area contributed by atoms with Gasteiger partial charge < -0.3 is 19.9 Å². The maximum Gasteiger partial charge on any atom is 0.272 e. The number of carbonyl (C=O) groups excluding carboxylic acids is 1. The van der Waals surface area contributed by atoms with E-state index in [-0.39, 0.29) is 11.9 Å². The Bertz CT molecular complexity index is 868. The van der Waals surface area contributed by atoms with Gasteiger partial charge in [0.15, 0.2) is 5.69 Å². The van der Waals surface area contributed by atoms with E-state index in [0.717, 1.165) is 56.6 Å². The molecular formula is C23H36N4O4. The molecular weight excluding hydrogens is 396 g/mol. The zero-order chi connectivity index (χ0) is 22.4. The molecule has 1 aromatic heterocycles. The smallest absolute Gasteiger partial charge is 0.272 e. The number of fused-ring (bicyclic) bond motifs is 1. The van der Waals surface area contributed by atoms with Gasteiger partial charge in [-0.1, -0.05) is 12.1 Å². The maximum absolute atomic E-state index is 13.0. The number of methoxy groups -OCH3 is 1. The topological polar surface area (TPSA) is 88.8 Å². The van der Waals surface area contributed by atoms with E-state index < -0.39 is 5.60 Å². The molecule has 1 atom stereocenters. The van der Waals surface area contributed by atoms with Crippen LogP contribution in [0.2, 0.25) is 0 Å². The van der Waals surface area contributed by atoms with Crippen LogP contribution in [0.1, 0.15) is 50.5 Å². The molecule has 0 aliphatic carbocycles. The fourth-order valence-corrected chi connectivity index (χ4v) is 3.96. The van der Waals surface area contributed by atoms with Crippen LogP contribution in [0.15, 0.2) is 18.2 Å². The van der Waals surface area contributed by atoms with Crippen molar-refractivity contribution in [2.45, 2.75) is 58.2 Å². The molecule has 1 amide bonds. The van der Waals surface area contributed by atoms with Crippen molar-refractivity contribution in [3.8, 4) is 5.75 Å². The highest BCUT2D eigenvalue weighted by Crippen LogP contribution is 2.28. The second-order valence-electron chi connectivity index (χ2n) is 8.96. The second kappa shape index (κ2) is 10.4. The minimum Gasteiger partial charge on any atom is -0.494 e. The summed E-state index contributed by atoms with van der Waals surface area (Å²) < 4.78 is 12.9. The molecule has 3 rings (SSSR count). The number of hydrogen-bond donors (Lipinski definition) is 2. The van der Waals surface area contributed by atoms with Gasteiger partial charge >= 0.3 is 0 Å². The molecule has 8 nitrogen and oxygen atoms in total. The third-order valence-corrected chi connectivity index (χ3v) is 5.70. The first kappa shape index (κ1) is 23.5. The number of benzene rings is 1. The lowest BCUT2D eigenvalue weighted by Crippen LogP contribution is -2.38. The quantitative estimate of drug-likeness (QED) is 0.600. The van der Waals surface area contributed by atoms with E-state index in [9.17, 15) is 9.90 Å². The molecule has 8 heteroatoms. The molecule has 1 aliphatic rings. The van der Waals surface area contributed by atoms with Gasteiger partial charge in [-0.05, 0) is 46.1 Å². The van der Waals surface area contributed by atoms with Crippen molar-refractivity contribution in [1.82, 2.24) is 20.0 Å². The SMILES string of the molecule is COc1cccc2c(C(=O)NC(C)CCCC(C)(C)O)nn(CCN3CCOCC3)c12. The number of hydrogen-bond acceptors (Lipinski definition) is 6. The molecule has 2 heterocycles. The minimum absolute atomic E-state index is 0.00555. The van der Waals surface area contributed by atoms with Crippen molar-refractivity contribution < 1.29 is 19.4 Å². The van der Waals surface area contributed by atoms with Crippen LogP contribution in [0.4, 0.5) is 0 Å². The Kier molecular flexibility index (Phi) is 7.91. The number of nitrogens with zero attached hydrogens (tertiary/aromatic N) is 3. The number of morpholine rings is 1. The first-order valence-electron chi connectivity index (χ1n) is 11.2. The van der Waals surface area contributed by atoms with Crippen molar-refractivity contribution in [2.75, 3.05) is 40.0 Å². The third kappa shape index (κ3) is 6.41. The van der Waals surface area contributed by atoms with Crippen LogP contribution in [0.25, 0.3) is 10.9 Å². The summed E-state index contributed by atoms with van der Waals surface area (Å²) in [5.74, 6) is 0.531. The Morgan fingerprint density at radius 1 is 1.32 bits per heavy atom. The third-order valence-electron chi connectivity index (χ3n) is 5.70. The fraction of sp³-hybridized carbons (Fsp3) is 0.652. The van der Waals surface area contributed by atoms with Gasteiger partial charge in [-0.15, -0.1) is 0 Å². The van der Waals surface area contributed by atoms with Crippen molar-refractivity contribution in [3.05, 3.63) is 23.9 Å². The van der Waals surface area contributed by atoms with Gasteiger partial charge in [0.05, 0.1) is 32.5 Å². The van der Waals surface area contributed by atoms with Crippen molar-refractivity contribution in [2.24, 2.45) is 0 Å². The number of rotatable bonds is 10. The molecule has 0 bridgehead atoms. The van der Waals surface area contributed by atoms with E-state index in [1.54, 1.807) is 21.0 Å². The molecule has 1 aromatic carbocycles. The molecule has 1 aliphatic heterocycles. The van der Waals surface area contributed by atoms with Crippen molar-refractivity contribution >= 4 is 16.8 Å². The summed E-state index contributed by atoms with van der Waals surface area (Å²) in [5.41, 5.74) is 0.582. The average Bonchev–Trinajstić information content (AvgIpc) is 3.11. The highest BCUT2D eigenvalue weighted by Gasteiger charge is 2.22. The van der Waals surface area contributed by atoms with E-state index >= 15 is 0 Å². The van der Waals surface area contributed by atoms with Gasteiger partial charge in [0.2, 0.25) is 0 Å². The molecule has 1 saturated heterocycles. The Hall–Kier alpha value is -2.16. The molecule has 172 valence electrons. The average molecular weight is 433 g/mol. The van der Waals surface area contributed by atoms with Crippen LogP contribution in [-0.2, 0) is 11.3 Å². The molecule has 0 spiro atoms. The molecule has 31 heavy (non-hydrogen) atoms. The van der Waals surface area contributed by atoms with E-state index in [2.05, 4.69) is 15.3 Å². The van der Waals surface area contributed by atoms with Gasteiger partial charge in [0.1, 0.15) is 11.3 Å². The van der Waals surface area contributed by atoms with Crippen LogP contribution >= 0.6 is 0 Å². The predicted molar refractivity (Wildman–Crippen MR) is 121 cm³/mol. The Labute approximate surface area is 184 Å². The highest BCUT2D eigenvalue weighted by atomic mass is 16.5. The first-order valence-corrected chi connectivity index (χ1v) is 11.2. The van der Waals surface area contributed by atoms with Gasteiger partial charge in [-0.3, -0.25) is 14.4 Å². The number of ether oxygens (including phenoxy) is 2. The lowest BCUT2D eigenvalue weighted by molar-refractivity contribution is 0.0361. The van der Waals surface area contributed by atoms with Gasteiger partial charge in [-0.25, -0.2) is 0 Å². The molecule has 2 N–H and O–H groups in total. The molecule has 1 unspecified atom stereocenters. The summed E-state index contributed by atoms with van der Waals surface area (Å²) in [4.78, 5) is 15.4. The van der Waals surface area contributed by atoms with E-state index in [0.29, 0.717) is 24.4 Å². The largest absolute Gasteiger partial charge is 0.494 e. The van der Waals surface area contributed by atoms with E-state index in [4.69, 9.17) is 9.47 Å². The standard InChI is InChI=1S/C23H36N4O4/c1-17(7-6-10-23(2,3)29)24-22(28)20-18-8-5-9-19(30-4)21(18)27(25-20)12-11-26-13-15-31-16-14-26/h5,8-9,17,29H,6-7,10-16H2,1-4H3,(H,24,28). The summed E-state index contributed by atoms with van der Waals surface area (Å²) >= 11 is 0. The van der Waals surface area contributed by atoms with Gasteiger partial charge in [-0.2, -0.15) is 5.10 Å². The second-order valence-corrected chi connectivity index (χ2v) is 8.96. The normalized spacial score (nSPS) is 16.4. The van der Waals surface area contributed by atoms with E-state index in [1.807, 2.05) is 29.8 Å². The predicted octanol–water partition coefficient (Wildman–Crippen LogP) is 2.44. The van der Waals surface area contributed by atoms with Crippen LogP contribution in [0, 0.1) is 0 Å². The Morgan fingerprint density at radius 3 is 2.74 bits per heavy atom. The zero-order valence-electron chi connectivity index (χ0n) is 19.2. The summed E-state index contributed by atoms with van der Waals surface area (Å²) in [6, 6.07) is 5.70. The van der Waals surface area contributed by atoms with Crippen LogP contribution < -0.4 is 10.1 Å². The lowest BCUT2D eigenvalue weighted by atomic mass is 10.00. The van der Waals surface area contributed by atoms with Crippen LogP contribution in [0.5, 0.6) is 5.75 Å². The number of para-hydroxylation sites is 1. The number of amides is 1. The molecule has 2 aromatic rings. The monoisotopic (exact) mass is 432 g/mol. The molecule has 0 saturated carbocycles. The zero-order valence-corrected chi connectivity index (χ0v) is 19.2. The summed E-state index contributed by atoms with van der Waals surface area (Å²) in [7, 11) is 1.64. The highest BCUT2D eigenvalue weighted by molar-refractivity contribution is 6.06. The van der Waals surface area contributed by atoms with Crippen LogP contribution in [-0.4, -0.2) is 77.3 Å². The van der Waals surface area contributed by atoms with Crippen LogP contribution in [0.3, 0.4) is 0 Å².